The second-order valence-electron chi connectivity index (χ2n) is 3.44. The molecule has 1 rings (SSSR count). The Hall–Kier alpha value is -0.925. The Bertz CT molecular complexity index is 319. The largest absolute Gasteiger partial charge is 0.416 e. The first kappa shape index (κ1) is 11.2. The van der Waals surface area contributed by atoms with Gasteiger partial charge in [-0.15, -0.1) is 0 Å². The molecule has 1 aromatic carbocycles. The molecule has 0 aromatic heterocycles. The molecule has 0 aliphatic heterocycles. The highest BCUT2D eigenvalue weighted by atomic mass is 19.4. The van der Waals surface area contributed by atoms with Crippen LogP contribution in [0.15, 0.2) is 12.1 Å². The van der Waals surface area contributed by atoms with Gasteiger partial charge in [0.05, 0.1) is 5.56 Å². The fraction of sp³-hybridized carbons (Fsp3) is 0.400. The SMILES string of the molecule is CBc1c(C)cc(C(F)(F)F)cc1C. The van der Waals surface area contributed by atoms with E-state index in [1.54, 1.807) is 13.8 Å². The molecule has 0 nitrogen and oxygen atoms in total. The van der Waals surface area contributed by atoms with Crippen molar-refractivity contribution in [3.8, 4) is 0 Å². The van der Waals surface area contributed by atoms with Crippen LogP contribution in [0.1, 0.15) is 16.7 Å². The summed E-state index contributed by atoms with van der Waals surface area (Å²) in [6.45, 7) is 5.39. The van der Waals surface area contributed by atoms with Crippen LogP contribution >= 0.6 is 0 Å². The quantitative estimate of drug-likeness (QED) is 0.610. The summed E-state index contributed by atoms with van der Waals surface area (Å²) in [6.07, 6.45) is -4.23. The van der Waals surface area contributed by atoms with Crippen LogP contribution in [0.25, 0.3) is 0 Å². The molecular weight excluding hydrogens is 188 g/mol. The smallest absolute Gasteiger partial charge is 0.166 e. The van der Waals surface area contributed by atoms with Crippen molar-refractivity contribution in [3.63, 3.8) is 0 Å². The molecule has 76 valence electrons. The highest BCUT2D eigenvalue weighted by molar-refractivity contribution is 6.53. The normalized spacial score (nSPS) is 11.6. The van der Waals surface area contributed by atoms with E-state index in [0.717, 1.165) is 23.9 Å². The molecule has 0 spiro atoms. The van der Waals surface area contributed by atoms with Crippen LogP contribution in [0, 0.1) is 13.8 Å². The molecule has 14 heavy (non-hydrogen) atoms. The summed E-state index contributed by atoms with van der Waals surface area (Å²) in [5.41, 5.74) is 1.90. The predicted molar refractivity (Wildman–Crippen MR) is 53.6 cm³/mol. The third-order valence-corrected chi connectivity index (χ3v) is 2.38. The van der Waals surface area contributed by atoms with Gasteiger partial charge in [0.15, 0.2) is 7.28 Å². The van der Waals surface area contributed by atoms with Gasteiger partial charge in [-0.3, -0.25) is 0 Å². The van der Waals surface area contributed by atoms with Crippen LogP contribution < -0.4 is 5.46 Å². The van der Waals surface area contributed by atoms with E-state index in [1.807, 2.05) is 6.82 Å². The number of benzene rings is 1. The van der Waals surface area contributed by atoms with Crippen molar-refractivity contribution in [2.75, 3.05) is 0 Å². The maximum Gasteiger partial charge on any atom is 0.416 e. The molecule has 0 N–H and O–H groups in total. The van der Waals surface area contributed by atoms with Gasteiger partial charge in [0, 0.05) is 0 Å². The molecule has 0 aliphatic carbocycles. The second-order valence-corrected chi connectivity index (χ2v) is 3.44. The Morgan fingerprint density at radius 1 is 1.07 bits per heavy atom. The zero-order chi connectivity index (χ0) is 10.9. The third kappa shape index (κ3) is 2.11. The zero-order valence-electron chi connectivity index (χ0n) is 8.50. The summed E-state index contributed by atoms with van der Waals surface area (Å²) >= 11 is 0. The molecule has 0 heterocycles. The van der Waals surface area contributed by atoms with Crippen molar-refractivity contribution >= 4 is 12.7 Å². The van der Waals surface area contributed by atoms with E-state index in [2.05, 4.69) is 0 Å². The number of alkyl halides is 3. The summed E-state index contributed by atoms with van der Waals surface area (Å²) in [4.78, 5) is 0. The lowest BCUT2D eigenvalue weighted by Crippen LogP contribution is -2.20. The zero-order valence-corrected chi connectivity index (χ0v) is 8.50. The summed E-state index contributed by atoms with van der Waals surface area (Å²) in [6, 6.07) is 2.43. The number of halogens is 3. The molecule has 0 amide bonds. The third-order valence-electron chi connectivity index (χ3n) is 2.38. The molecular formula is C10H12BF3. The number of hydrogen-bond acceptors (Lipinski definition) is 0. The first-order valence-electron chi connectivity index (χ1n) is 4.53. The van der Waals surface area contributed by atoms with Gasteiger partial charge in [-0.2, -0.15) is 13.2 Å². The van der Waals surface area contributed by atoms with Crippen LogP contribution in [0.5, 0.6) is 0 Å². The van der Waals surface area contributed by atoms with E-state index in [0.29, 0.717) is 0 Å². The Labute approximate surface area is 82.4 Å². The number of rotatable bonds is 1. The lowest BCUT2D eigenvalue weighted by Gasteiger charge is -2.12. The lowest BCUT2D eigenvalue weighted by atomic mass is 9.68. The maximum atomic E-state index is 12.4. The number of aryl methyl sites for hydroxylation is 2. The van der Waals surface area contributed by atoms with Crippen LogP contribution in [0.3, 0.4) is 0 Å². The van der Waals surface area contributed by atoms with Crippen LogP contribution in [-0.4, -0.2) is 7.28 Å². The second kappa shape index (κ2) is 3.68. The predicted octanol–water partition coefficient (Wildman–Crippen LogP) is 2.43. The van der Waals surface area contributed by atoms with Crippen molar-refractivity contribution < 1.29 is 13.2 Å². The van der Waals surface area contributed by atoms with Crippen molar-refractivity contribution in [2.45, 2.75) is 26.8 Å². The molecule has 0 unspecified atom stereocenters. The van der Waals surface area contributed by atoms with Gasteiger partial charge >= 0.3 is 6.18 Å². The minimum atomic E-state index is -4.23. The van der Waals surface area contributed by atoms with E-state index in [-0.39, 0.29) is 0 Å². The molecule has 4 heteroatoms. The molecule has 0 radical (unpaired) electrons. The first-order chi connectivity index (χ1) is 6.36. The first-order valence-corrected chi connectivity index (χ1v) is 4.53. The fourth-order valence-electron chi connectivity index (χ4n) is 1.71. The van der Waals surface area contributed by atoms with Crippen molar-refractivity contribution in [1.82, 2.24) is 0 Å². The van der Waals surface area contributed by atoms with Crippen molar-refractivity contribution in [1.29, 1.82) is 0 Å². The van der Waals surface area contributed by atoms with Gasteiger partial charge in [-0.25, -0.2) is 0 Å². The van der Waals surface area contributed by atoms with Crippen LogP contribution in [0.4, 0.5) is 13.2 Å². The fourth-order valence-corrected chi connectivity index (χ4v) is 1.71. The molecule has 1 aromatic rings. The van der Waals surface area contributed by atoms with Crippen LogP contribution in [0.2, 0.25) is 6.82 Å². The lowest BCUT2D eigenvalue weighted by molar-refractivity contribution is -0.137. The molecule has 0 saturated heterocycles. The van der Waals surface area contributed by atoms with Gasteiger partial charge in [0.25, 0.3) is 0 Å². The Morgan fingerprint density at radius 2 is 1.50 bits per heavy atom. The van der Waals surface area contributed by atoms with E-state index in [4.69, 9.17) is 0 Å². The molecule has 0 atom stereocenters. The summed E-state index contributed by atoms with van der Waals surface area (Å²) < 4.78 is 37.2. The highest BCUT2D eigenvalue weighted by Crippen LogP contribution is 2.29. The Morgan fingerprint density at radius 3 is 1.79 bits per heavy atom. The van der Waals surface area contributed by atoms with E-state index in [1.165, 1.54) is 12.1 Å². The summed E-state index contributed by atoms with van der Waals surface area (Å²) in [5.74, 6) is 0. The molecule has 0 saturated carbocycles. The number of hydrogen-bond donors (Lipinski definition) is 0. The van der Waals surface area contributed by atoms with E-state index in [9.17, 15) is 13.2 Å². The van der Waals surface area contributed by atoms with E-state index < -0.39 is 11.7 Å². The van der Waals surface area contributed by atoms with Gasteiger partial charge in [0.1, 0.15) is 0 Å². The molecule has 0 aliphatic rings. The summed E-state index contributed by atoms with van der Waals surface area (Å²) in [7, 11) is 0.774. The molecule has 0 bridgehead atoms. The van der Waals surface area contributed by atoms with Crippen molar-refractivity contribution in [2.24, 2.45) is 0 Å². The summed E-state index contributed by atoms with van der Waals surface area (Å²) in [5, 5.41) is 0. The standard InChI is InChI=1S/C10H12BF3/c1-6-4-8(10(12,13)14)5-7(2)9(6)11-3/h4-5,11H,1-3H3. The van der Waals surface area contributed by atoms with Gasteiger partial charge in [0.2, 0.25) is 0 Å². The van der Waals surface area contributed by atoms with E-state index >= 15 is 0 Å². The topological polar surface area (TPSA) is 0 Å². The average Bonchev–Trinajstić information content (AvgIpc) is 2.01. The van der Waals surface area contributed by atoms with Gasteiger partial charge in [-0.05, 0) is 26.0 Å². The maximum absolute atomic E-state index is 12.4. The van der Waals surface area contributed by atoms with Gasteiger partial charge < -0.3 is 0 Å². The Kier molecular flexibility index (Phi) is 2.93. The minimum Gasteiger partial charge on any atom is -0.166 e. The monoisotopic (exact) mass is 200 g/mol. The van der Waals surface area contributed by atoms with Crippen LogP contribution in [-0.2, 0) is 6.18 Å². The molecule has 0 fully saturated rings. The minimum absolute atomic E-state index is 0.551. The van der Waals surface area contributed by atoms with Gasteiger partial charge in [-0.1, -0.05) is 23.4 Å². The Balaban J connectivity index is 3.28. The highest BCUT2D eigenvalue weighted by Gasteiger charge is 2.31. The van der Waals surface area contributed by atoms with Crippen molar-refractivity contribution in [3.05, 3.63) is 28.8 Å². The average molecular weight is 200 g/mol.